The fraction of sp³-hybridized carbons (Fsp3) is 0.417. The molecule has 0 radical (unpaired) electrons. The number of imidazole rings is 1. The van der Waals surface area contributed by atoms with Crippen molar-refractivity contribution in [3.05, 3.63) is 44.1 Å². The van der Waals surface area contributed by atoms with Gasteiger partial charge in [-0.3, -0.25) is 14.7 Å². The first-order valence-corrected chi connectivity index (χ1v) is 6.60. The van der Waals surface area contributed by atoms with Gasteiger partial charge in [-0.15, -0.1) is 0 Å². The quantitative estimate of drug-likeness (QED) is 0.716. The molecule has 0 amide bonds. The molecule has 19 heavy (non-hydrogen) atoms. The molecule has 3 heterocycles. The number of hydrogen-bond acceptors (Lipinski definition) is 4. The number of nitrogens with zero attached hydrogens (tertiary/aromatic N) is 2. The molecular weight excluding hydrogens is 262 g/mol. The Bertz CT molecular complexity index is 713. The summed E-state index contributed by atoms with van der Waals surface area (Å²) in [4.78, 5) is 27.3. The number of aromatic amines is 3. The van der Waals surface area contributed by atoms with Crippen molar-refractivity contribution in [3.63, 3.8) is 0 Å². The second-order valence-corrected chi connectivity index (χ2v) is 5.25. The molecule has 0 saturated carbocycles. The Labute approximate surface area is 114 Å². The topological polar surface area (TPSA) is 80.6 Å². The molecule has 2 aromatic heterocycles. The Balaban J connectivity index is 1.82. The van der Waals surface area contributed by atoms with Crippen LogP contribution in [0.2, 0.25) is 0 Å². The van der Waals surface area contributed by atoms with Crippen molar-refractivity contribution < 1.29 is 0 Å². The summed E-state index contributed by atoms with van der Waals surface area (Å²) in [6.45, 7) is 4.22. The first-order chi connectivity index (χ1) is 9.11. The van der Waals surface area contributed by atoms with Crippen LogP contribution in [0.4, 0.5) is 0 Å². The molecule has 0 saturated heterocycles. The minimum Gasteiger partial charge on any atom is -0.345 e. The summed E-state index contributed by atoms with van der Waals surface area (Å²) in [7, 11) is 0. The van der Waals surface area contributed by atoms with Crippen LogP contribution in [-0.2, 0) is 19.5 Å². The van der Waals surface area contributed by atoms with Crippen molar-refractivity contribution in [2.45, 2.75) is 26.4 Å². The zero-order valence-corrected chi connectivity index (χ0v) is 11.4. The number of hydrogen-bond donors (Lipinski definition) is 3. The summed E-state index contributed by atoms with van der Waals surface area (Å²) in [5.74, 6) is 0.932. The van der Waals surface area contributed by atoms with Gasteiger partial charge < -0.3 is 9.97 Å². The number of aromatic nitrogens is 4. The molecule has 0 aliphatic carbocycles. The highest BCUT2D eigenvalue weighted by Crippen LogP contribution is 2.14. The maximum absolute atomic E-state index is 11.9. The molecule has 0 fully saturated rings. The van der Waals surface area contributed by atoms with Gasteiger partial charge in [-0.05, 0) is 19.1 Å². The van der Waals surface area contributed by atoms with Crippen molar-refractivity contribution in [1.29, 1.82) is 0 Å². The van der Waals surface area contributed by atoms with Crippen molar-refractivity contribution in [1.82, 2.24) is 24.8 Å². The standard InChI is InChI=1S/C12H15N5OS/c1-7-4-13-10(14-7)6-17-3-2-9-8(5-17)11(18)16-12(19)15-9/h4H,2-3,5-6H2,1H3,(H,13,14)(H2,15,16,18,19). The zero-order valence-electron chi connectivity index (χ0n) is 10.6. The lowest BCUT2D eigenvalue weighted by Gasteiger charge is -2.26. The molecule has 0 atom stereocenters. The summed E-state index contributed by atoms with van der Waals surface area (Å²) in [5.41, 5.74) is 2.71. The Morgan fingerprint density at radius 1 is 1.42 bits per heavy atom. The average Bonchev–Trinajstić information content (AvgIpc) is 2.75. The highest BCUT2D eigenvalue weighted by Gasteiger charge is 2.20. The maximum Gasteiger partial charge on any atom is 0.256 e. The van der Waals surface area contributed by atoms with Crippen molar-refractivity contribution in [2.24, 2.45) is 0 Å². The van der Waals surface area contributed by atoms with Gasteiger partial charge in [0, 0.05) is 37.1 Å². The fourth-order valence-corrected chi connectivity index (χ4v) is 2.62. The fourth-order valence-electron chi connectivity index (χ4n) is 2.41. The summed E-state index contributed by atoms with van der Waals surface area (Å²) >= 11 is 4.98. The van der Waals surface area contributed by atoms with Gasteiger partial charge >= 0.3 is 0 Å². The molecular formula is C12H15N5OS. The van der Waals surface area contributed by atoms with Crippen molar-refractivity contribution >= 4 is 12.2 Å². The normalized spacial score (nSPS) is 15.4. The van der Waals surface area contributed by atoms with Gasteiger partial charge in [0.2, 0.25) is 0 Å². The maximum atomic E-state index is 11.9. The Morgan fingerprint density at radius 3 is 3.00 bits per heavy atom. The van der Waals surface area contributed by atoms with E-state index < -0.39 is 0 Å². The van der Waals surface area contributed by atoms with Gasteiger partial charge in [0.25, 0.3) is 5.56 Å². The highest BCUT2D eigenvalue weighted by atomic mass is 32.1. The summed E-state index contributed by atoms with van der Waals surface area (Å²) in [6, 6.07) is 0. The Hall–Kier alpha value is -1.73. The first-order valence-electron chi connectivity index (χ1n) is 6.19. The molecule has 1 aliphatic heterocycles. The molecule has 3 rings (SSSR count). The van der Waals surface area contributed by atoms with E-state index in [-0.39, 0.29) is 5.56 Å². The third kappa shape index (κ3) is 2.52. The van der Waals surface area contributed by atoms with E-state index in [1.165, 1.54) is 0 Å². The zero-order chi connectivity index (χ0) is 13.4. The van der Waals surface area contributed by atoms with Gasteiger partial charge in [-0.1, -0.05) is 0 Å². The molecule has 100 valence electrons. The number of rotatable bonds is 2. The number of fused-ring (bicyclic) bond motifs is 1. The molecule has 7 heteroatoms. The largest absolute Gasteiger partial charge is 0.345 e. The average molecular weight is 277 g/mol. The Kier molecular flexibility index (Phi) is 3.08. The van der Waals surface area contributed by atoms with Gasteiger partial charge in [-0.2, -0.15) is 0 Å². The van der Waals surface area contributed by atoms with Crippen LogP contribution in [0, 0.1) is 11.7 Å². The third-order valence-corrected chi connectivity index (χ3v) is 3.52. The minimum absolute atomic E-state index is 0.0842. The van der Waals surface area contributed by atoms with Crippen LogP contribution in [0.15, 0.2) is 11.0 Å². The van der Waals surface area contributed by atoms with Crippen LogP contribution >= 0.6 is 12.2 Å². The lowest BCUT2D eigenvalue weighted by molar-refractivity contribution is 0.236. The van der Waals surface area contributed by atoms with Crippen LogP contribution in [0.1, 0.15) is 22.8 Å². The minimum atomic E-state index is -0.0842. The van der Waals surface area contributed by atoms with E-state index >= 15 is 0 Å². The van der Waals surface area contributed by atoms with Crippen molar-refractivity contribution in [2.75, 3.05) is 6.54 Å². The van der Waals surface area contributed by atoms with Crippen molar-refractivity contribution in [3.8, 4) is 0 Å². The van der Waals surface area contributed by atoms with Gasteiger partial charge in [-0.25, -0.2) is 4.98 Å². The van der Waals surface area contributed by atoms with Crippen LogP contribution in [0.25, 0.3) is 0 Å². The number of H-pyrrole nitrogens is 3. The predicted molar refractivity (Wildman–Crippen MR) is 73.4 cm³/mol. The van der Waals surface area contributed by atoms with Crippen LogP contribution in [0.3, 0.4) is 0 Å². The Morgan fingerprint density at radius 2 is 2.26 bits per heavy atom. The molecule has 0 aromatic carbocycles. The second-order valence-electron chi connectivity index (χ2n) is 4.84. The molecule has 6 nitrogen and oxygen atoms in total. The van der Waals surface area contributed by atoms with Gasteiger partial charge in [0.1, 0.15) is 5.82 Å². The van der Waals surface area contributed by atoms with Crippen LogP contribution < -0.4 is 5.56 Å². The molecule has 0 unspecified atom stereocenters. The first kappa shape index (κ1) is 12.3. The molecule has 1 aliphatic rings. The highest BCUT2D eigenvalue weighted by molar-refractivity contribution is 7.71. The predicted octanol–water partition coefficient (Wildman–Crippen LogP) is 1.02. The van der Waals surface area contributed by atoms with E-state index in [1.54, 1.807) is 0 Å². The van der Waals surface area contributed by atoms with E-state index in [0.717, 1.165) is 42.3 Å². The smallest absolute Gasteiger partial charge is 0.256 e. The molecule has 2 aromatic rings. The van der Waals surface area contributed by atoms with E-state index in [9.17, 15) is 4.79 Å². The molecule has 3 N–H and O–H groups in total. The monoisotopic (exact) mass is 277 g/mol. The van der Waals surface area contributed by atoms with Gasteiger partial charge in [0.15, 0.2) is 4.77 Å². The summed E-state index contributed by atoms with van der Waals surface area (Å²) < 4.78 is 0.402. The van der Waals surface area contributed by atoms with E-state index in [4.69, 9.17) is 12.2 Å². The third-order valence-electron chi connectivity index (χ3n) is 3.32. The number of aryl methyl sites for hydroxylation is 1. The lowest BCUT2D eigenvalue weighted by Crippen LogP contribution is -2.35. The second kappa shape index (κ2) is 4.75. The van der Waals surface area contributed by atoms with Gasteiger partial charge in [0.05, 0.1) is 12.1 Å². The van der Waals surface area contributed by atoms with E-state index in [1.807, 2.05) is 13.1 Å². The van der Waals surface area contributed by atoms with Crippen LogP contribution in [0.5, 0.6) is 0 Å². The molecule has 0 spiro atoms. The summed E-state index contributed by atoms with van der Waals surface area (Å²) in [6.07, 6.45) is 2.62. The lowest BCUT2D eigenvalue weighted by atomic mass is 10.1. The van der Waals surface area contributed by atoms with E-state index in [0.29, 0.717) is 11.3 Å². The van der Waals surface area contributed by atoms with E-state index in [2.05, 4.69) is 24.8 Å². The van der Waals surface area contributed by atoms with Crippen LogP contribution in [-0.4, -0.2) is 31.4 Å². The molecule has 0 bridgehead atoms. The summed E-state index contributed by atoms with van der Waals surface area (Å²) in [5, 5.41) is 0. The SMILES string of the molecule is Cc1cnc(CN2CCc3[nH]c(=S)[nH]c(=O)c3C2)[nH]1. The number of nitrogens with one attached hydrogen (secondary N) is 3.